The lowest BCUT2D eigenvalue weighted by molar-refractivity contribution is -0.137. The number of amides is 3. The van der Waals surface area contributed by atoms with Gasteiger partial charge in [0.2, 0.25) is 5.91 Å². The van der Waals surface area contributed by atoms with E-state index < -0.39 is 35.4 Å². The van der Waals surface area contributed by atoms with E-state index in [-0.39, 0.29) is 17.5 Å². The number of likely N-dealkylation sites (tertiary alicyclic amines) is 1. The summed E-state index contributed by atoms with van der Waals surface area (Å²) in [5.74, 6) is -2.09. The monoisotopic (exact) mass is 686 g/mol. The highest BCUT2D eigenvalue weighted by Gasteiger charge is 2.35. The van der Waals surface area contributed by atoms with Gasteiger partial charge in [-0.3, -0.25) is 19.3 Å². The van der Waals surface area contributed by atoms with Crippen molar-refractivity contribution >= 4 is 34.7 Å². The Kier molecular flexibility index (Phi) is 9.59. The molecule has 1 saturated heterocycles. The molecule has 0 saturated carbocycles. The minimum atomic E-state index is -4.46. The number of halogens is 4. The fraction of sp³-hybridized carbons (Fsp3) is 0.189. The van der Waals surface area contributed by atoms with Crippen molar-refractivity contribution in [2.75, 3.05) is 18.0 Å². The van der Waals surface area contributed by atoms with Crippen LogP contribution in [0.5, 0.6) is 0 Å². The summed E-state index contributed by atoms with van der Waals surface area (Å²) in [5.41, 5.74) is 7.39. The molecule has 1 atom stereocenters. The van der Waals surface area contributed by atoms with E-state index in [4.69, 9.17) is 5.73 Å². The second-order valence-corrected chi connectivity index (χ2v) is 12.5. The van der Waals surface area contributed by atoms with Crippen molar-refractivity contribution < 1.29 is 31.9 Å². The molecule has 0 spiro atoms. The summed E-state index contributed by atoms with van der Waals surface area (Å²) in [4.78, 5) is 48.1. The molecule has 1 aromatic heterocycles. The van der Waals surface area contributed by atoms with Crippen molar-refractivity contribution in [2.45, 2.75) is 31.0 Å². The van der Waals surface area contributed by atoms with Gasteiger partial charge in [-0.05, 0) is 72.0 Å². The van der Waals surface area contributed by atoms with Gasteiger partial charge in [0, 0.05) is 35.6 Å². The van der Waals surface area contributed by atoms with E-state index >= 15 is 0 Å². The van der Waals surface area contributed by atoms with E-state index in [2.05, 4.69) is 4.98 Å². The average Bonchev–Trinajstić information content (AvgIpc) is 3.61. The lowest BCUT2D eigenvalue weighted by Gasteiger charge is -2.32. The number of hydrogen-bond donors (Lipinski definition) is 1. The highest BCUT2D eigenvalue weighted by Crippen LogP contribution is 2.35. The number of para-hydroxylation sites is 1. The second kappa shape index (κ2) is 14.0. The average molecular weight is 687 g/mol. The molecule has 2 heterocycles. The molecule has 0 aliphatic carbocycles. The predicted octanol–water partition coefficient (Wildman–Crippen LogP) is 7.86. The van der Waals surface area contributed by atoms with Gasteiger partial charge < -0.3 is 10.6 Å². The van der Waals surface area contributed by atoms with Crippen LogP contribution < -0.4 is 10.6 Å². The van der Waals surface area contributed by atoms with Crippen LogP contribution in [0.3, 0.4) is 0 Å². The summed E-state index contributed by atoms with van der Waals surface area (Å²) >= 11 is 1.32. The van der Waals surface area contributed by atoms with Gasteiger partial charge in [-0.2, -0.15) is 13.2 Å². The summed E-state index contributed by atoms with van der Waals surface area (Å²) in [6, 6.07) is 24.2. The fourth-order valence-electron chi connectivity index (χ4n) is 6.01. The number of nitrogens with two attached hydrogens (primary N) is 1. The van der Waals surface area contributed by atoms with Gasteiger partial charge in [0.25, 0.3) is 11.8 Å². The third kappa shape index (κ3) is 7.24. The van der Waals surface area contributed by atoms with Crippen molar-refractivity contribution in [3.8, 4) is 11.1 Å². The molecule has 0 radical (unpaired) electrons. The molecule has 0 bridgehead atoms. The van der Waals surface area contributed by atoms with Gasteiger partial charge >= 0.3 is 6.18 Å². The number of nitrogens with zero attached hydrogens (tertiary/aromatic N) is 3. The third-order valence-electron chi connectivity index (χ3n) is 8.52. The van der Waals surface area contributed by atoms with Crippen LogP contribution in [-0.4, -0.2) is 40.7 Å². The summed E-state index contributed by atoms with van der Waals surface area (Å²) in [5, 5.41) is 2.35. The molecular formula is C37H30F4N4O3S. The van der Waals surface area contributed by atoms with Crippen molar-refractivity contribution in [3.05, 3.63) is 142 Å². The van der Waals surface area contributed by atoms with E-state index in [1.165, 1.54) is 52.6 Å². The molecule has 1 unspecified atom stereocenters. The van der Waals surface area contributed by atoms with Crippen LogP contribution in [-0.2, 0) is 11.0 Å². The molecule has 2 N–H and O–H groups in total. The molecule has 1 aliphatic rings. The number of carbonyl (C=O) groups is 3. The SMILES string of the molecule is NC(=O)C(c1ccc(F)cc1)N(C(=O)c1csc(C2CCN(C(=O)c3ccccc3-c3ccc(C(F)(F)F)cc3)CC2)n1)c1ccccc1. The highest BCUT2D eigenvalue weighted by molar-refractivity contribution is 7.10. The van der Waals surface area contributed by atoms with Crippen LogP contribution in [0.25, 0.3) is 11.1 Å². The van der Waals surface area contributed by atoms with Gasteiger partial charge in [0.1, 0.15) is 17.6 Å². The van der Waals surface area contributed by atoms with E-state index in [1.54, 1.807) is 64.9 Å². The second-order valence-electron chi connectivity index (χ2n) is 11.6. The zero-order valence-electron chi connectivity index (χ0n) is 25.9. The van der Waals surface area contributed by atoms with Crippen molar-refractivity contribution in [1.29, 1.82) is 0 Å². The van der Waals surface area contributed by atoms with Crippen LogP contribution >= 0.6 is 11.3 Å². The normalized spacial score (nSPS) is 14.3. The molecule has 7 nitrogen and oxygen atoms in total. The topological polar surface area (TPSA) is 96.6 Å². The van der Waals surface area contributed by atoms with Crippen molar-refractivity contribution in [2.24, 2.45) is 5.73 Å². The van der Waals surface area contributed by atoms with E-state index in [1.807, 2.05) is 0 Å². The molecule has 1 aliphatic heterocycles. The van der Waals surface area contributed by atoms with Gasteiger partial charge in [-0.1, -0.05) is 60.7 Å². The van der Waals surface area contributed by atoms with Crippen LogP contribution in [0.4, 0.5) is 23.2 Å². The Balaban J connectivity index is 1.18. The number of alkyl halides is 3. The number of hydrogen-bond acceptors (Lipinski definition) is 5. The Morgan fingerprint density at radius 1 is 0.857 bits per heavy atom. The number of primary amides is 1. The largest absolute Gasteiger partial charge is 0.416 e. The molecular weight excluding hydrogens is 656 g/mol. The number of aromatic nitrogens is 1. The van der Waals surface area contributed by atoms with Gasteiger partial charge in [-0.25, -0.2) is 9.37 Å². The van der Waals surface area contributed by atoms with E-state index in [9.17, 15) is 31.9 Å². The zero-order chi connectivity index (χ0) is 34.7. The lowest BCUT2D eigenvalue weighted by atomic mass is 9.94. The zero-order valence-corrected chi connectivity index (χ0v) is 26.8. The van der Waals surface area contributed by atoms with Crippen LogP contribution in [0.1, 0.15) is 61.8 Å². The minimum absolute atomic E-state index is 0.0324. The molecule has 6 rings (SSSR count). The van der Waals surface area contributed by atoms with Crippen molar-refractivity contribution in [3.63, 3.8) is 0 Å². The fourth-order valence-corrected chi connectivity index (χ4v) is 6.98. The van der Waals surface area contributed by atoms with E-state index in [0.717, 1.165) is 12.1 Å². The summed E-state index contributed by atoms with van der Waals surface area (Å²) in [6.45, 7) is 0.830. The quantitative estimate of drug-likeness (QED) is 0.168. The number of rotatable bonds is 8. The Morgan fingerprint density at radius 3 is 2.12 bits per heavy atom. The van der Waals surface area contributed by atoms with Gasteiger partial charge in [-0.15, -0.1) is 11.3 Å². The predicted molar refractivity (Wildman–Crippen MR) is 178 cm³/mol. The Labute approximate surface area is 283 Å². The maximum absolute atomic E-state index is 14.0. The Bertz CT molecular complexity index is 1960. The van der Waals surface area contributed by atoms with Crippen LogP contribution in [0, 0.1) is 5.82 Å². The van der Waals surface area contributed by atoms with Gasteiger partial charge in [0.15, 0.2) is 0 Å². The first kappa shape index (κ1) is 33.5. The molecule has 250 valence electrons. The van der Waals surface area contributed by atoms with Gasteiger partial charge in [0.05, 0.1) is 10.6 Å². The maximum Gasteiger partial charge on any atom is 0.416 e. The summed E-state index contributed by atoms with van der Waals surface area (Å²) < 4.78 is 53.0. The molecule has 12 heteroatoms. The first-order chi connectivity index (χ1) is 23.5. The summed E-state index contributed by atoms with van der Waals surface area (Å²) in [7, 11) is 0. The highest BCUT2D eigenvalue weighted by atomic mass is 32.1. The van der Waals surface area contributed by atoms with Crippen LogP contribution in [0.15, 0.2) is 109 Å². The molecule has 4 aromatic carbocycles. The maximum atomic E-state index is 14.0. The standard InChI is InChI=1S/C37H30F4N4O3S/c38-27-16-12-24(13-17-27)32(33(42)46)45(28-6-2-1-3-7-28)36(48)31-22-49-34(43-31)25-18-20-44(21-19-25)35(47)30-9-5-4-8-29(30)23-10-14-26(15-11-23)37(39,40)41/h1-17,22,25,32H,18-21H2,(H2,42,46). The lowest BCUT2D eigenvalue weighted by Crippen LogP contribution is -2.42. The van der Waals surface area contributed by atoms with E-state index in [0.29, 0.717) is 58.9 Å². The number of carbonyl (C=O) groups excluding carboxylic acids is 3. The molecule has 49 heavy (non-hydrogen) atoms. The third-order valence-corrected chi connectivity index (χ3v) is 9.53. The van der Waals surface area contributed by atoms with Crippen LogP contribution in [0.2, 0.25) is 0 Å². The number of thiazole rings is 1. The number of benzene rings is 4. The number of anilines is 1. The molecule has 1 fully saturated rings. The molecule has 3 amide bonds. The Morgan fingerprint density at radius 2 is 1.49 bits per heavy atom. The number of piperidine rings is 1. The first-order valence-electron chi connectivity index (χ1n) is 15.5. The first-order valence-corrected chi connectivity index (χ1v) is 16.3. The minimum Gasteiger partial charge on any atom is -0.368 e. The molecule has 5 aromatic rings. The Hall–Kier alpha value is -5.36. The summed E-state index contributed by atoms with van der Waals surface area (Å²) in [6.07, 6.45) is -3.30. The van der Waals surface area contributed by atoms with Crippen molar-refractivity contribution in [1.82, 2.24) is 9.88 Å². The smallest absolute Gasteiger partial charge is 0.368 e.